The van der Waals surface area contributed by atoms with Crippen LogP contribution >= 0.6 is 11.3 Å². The van der Waals surface area contributed by atoms with Crippen LogP contribution in [-0.2, 0) is 6.42 Å². The molecule has 2 aromatic rings. The molecule has 2 rings (SSSR count). The van der Waals surface area contributed by atoms with E-state index >= 15 is 0 Å². The molecule has 0 aliphatic heterocycles. The second kappa shape index (κ2) is 5.96. The summed E-state index contributed by atoms with van der Waals surface area (Å²) in [6.07, 6.45) is 3.92. The second-order valence-electron chi connectivity index (χ2n) is 4.27. The van der Waals surface area contributed by atoms with Crippen molar-refractivity contribution in [2.75, 3.05) is 5.32 Å². The van der Waals surface area contributed by atoms with Crippen LogP contribution < -0.4 is 5.32 Å². The maximum absolute atomic E-state index is 4.52. The van der Waals surface area contributed by atoms with Gasteiger partial charge >= 0.3 is 0 Å². The molecule has 18 heavy (non-hydrogen) atoms. The molecule has 0 fully saturated rings. The fourth-order valence-electron chi connectivity index (χ4n) is 1.91. The van der Waals surface area contributed by atoms with Crippen LogP contribution in [0.1, 0.15) is 42.6 Å². The molecular formula is C14H19N3S. The van der Waals surface area contributed by atoms with Crippen molar-refractivity contribution in [3.63, 3.8) is 0 Å². The molecule has 2 heterocycles. The minimum atomic E-state index is 0.338. The van der Waals surface area contributed by atoms with Crippen molar-refractivity contribution in [3.05, 3.63) is 40.0 Å². The Balaban J connectivity index is 2.24. The number of thiophene rings is 1. The van der Waals surface area contributed by atoms with E-state index in [1.807, 2.05) is 13.1 Å². The lowest BCUT2D eigenvalue weighted by molar-refractivity contribution is 0.753. The molecule has 0 spiro atoms. The van der Waals surface area contributed by atoms with Gasteiger partial charge in [0.1, 0.15) is 11.6 Å². The number of nitrogens with one attached hydrogen (secondary N) is 1. The largest absolute Gasteiger partial charge is 0.362 e. The minimum Gasteiger partial charge on any atom is -0.362 e. The van der Waals surface area contributed by atoms with Crippen molar-refractivity contribution < 1.29 is 0 Å². The van der Waals surface area contributed by atoms with Gasteiger partial charge in [-0.2, -0.15) is 0 Å². The van der Waals surface area contributed by atoms with Gasteiger partial charge in [0.25, 0.3) is 0 Å². The lowest BCUT2D eigenvalue weighted by Gasteiger charge is -2.18. The van der Waals surface area contributed by atoms with Gasteiger partial charge in [-0.25, -0.2) is 9.97 Å². The standard InChI is InChI=1S/C14H19N3S/c1-4-11-9-15-10(3)16-14(11)17-12(5-2)13-7-6-8-18-13/h6-9,12H,4-5H2,1-3H3,(H,15,16,17). The van der Waals surface area contributed by atoms with Gasteiger partial charge in [0.05, 0.1) is 6.04 Å². The summed E-state index contributed by atoms with van der Waals surface area (Å²) in [5.74, 6) is 1.79. The number of anilines is 1. The average Bonchev–Trinajstić information content (AvgIpc) is 2.90. The summed E-state index contributed by atoms with van der Waals surface area (Å²) in [5, 5.41) is 5.67. The highest BCUT2D eigenvalue weighted by Crippen LogP contribution is 2.26. The molecule has 0 aromatic carbocycles. The van der Waals surface area contributed by atoms with E-state index in [2.05, 4.69) is 46.6 Å². The van der Waals surface area contributed by atoms with Gasteiger partial charge in [-0.15, -0.1) is 11.3 Å². The van der Waals surface area contributed by atoms with Gasteiger partial charge in [-0.05, 0) is 31.2 Å². The summed E-state index contributed by atoms with van der Waals surface area (Å²) in [4.78, 5) is 10.1. The third-order valence-corrected chi connectivity index (χ3v) is 3.96. The first-order valence-corrected chi connectivity index (χ1v) is 7.25. The molecule has 2 aromatic heterocycles. The molecule has 1 unspecified atom stereocenters. The Morgan fingerprint density at radius 3 is 2.83 bits per heavy atom. The smallest absolute Gasteiger partial charge is 0.133 e. The molecular weight excluding hydrogens is 242 g/mol. The van der Waals surface area contributed by atoms with Crippen LogP contribution in [0, 0.1) is 6.92 Å². The Hall–Kier alpha value is -1.42. The molecule has 0 aliphatic rings. The molecule has 0 saturated heterocycles. The topological polar surface area (TPSA) is 37.8 Å². The summed E-state index contributed by atoms with van der Waals surface area (Å²) in [5.41, 5.74) is 1.18. The minimum absolute atomic E-state index is 0.338. The lowest BCUT2D eigenvalue weighted by atomic mass is 10.1. The van der Waals surface area contributed by atoms with Gasteiger partial charge in [0.2, 0.25) is 0 Å². The maximum atomic E-state index is 4.52. The number of nitrogens with zero attached hydrogens (tertiary/aromatic N) is 2. The van der Waals surface area contributed by atoms with E-state index in [9.17, 15) is 0 Å². The van der Waals surface area contributed by atoms with Gasteiger partial charge in [-0.3, -0.25) is 0 Å². The van der Waals surface area contributed by atoms with Crippen molar-refractivity contribution in [2.45, 2.75) is 39.7 Å². The first kappa shape index (κ1) is 13.0. The summed E-state index contributed by atoms with van der Waals surface area (Å²) in [6.45, 7) is 6.25. The predicted octanol–water partition coefficient (Wildman–Crippen LogP) is 3.97. The zero-order valence-corrected chi connectivity index (χ0v) is 11.9. The predicted molar refractivity (Wildman–Crippen MR) is 77.1 cm³/mol. The second-order valence-corrected chi connectivity index (χ2v) is 5.24. The van der Waals surface area contributed by atoms with Gasteiger partial charge in [0.15, 0.2) is 0 Å². The third-order valence-electron chi connectivity index (χ3n) is 2.97. The molecule has 3 nitrogen and oxygen atoms in total. The highest BCUT2D eigenvalue weighted by Gasteiger charge is 2.13. The monoisotopic (exact) mass is 261 g/mol. The Morgan fingerprint density at radius 2 is 2.22 bits per heavy atom. The number of aromatic nitrogens is 2. The normalized spacial score (nSPS) is 12.4. The van der Waals surface area contributed by atoms with E-state index in [4.69, 9.17) is 0 Å². The highest BCUT2D eigenvalue weighted by molar-refractivity contribution is 7.10. The Labute approximate surface area is 112 Å². The van der Waals surface area contributed by atoms with Gasteiger partial charge < -0.3 is 5.32 Å². The molecule has 1 N–H and O–H groups in total. The van der Waals surface area contributed by atoms with E-state index in [1.54, 1.807) is 11.3 Å². The van der Waals surface area contributed by atoms with Gasteiger partial charge in [-0.1, -0.05) is 19.9 Å². The average molecular weight is 261 g/mol. The molecule has 96 valence electrons. The van der Waals surface area contributed by atoms with Crippen molar-refractivity contribution >= 4 is 17.2 Å². The van der Waals surface area contributed by atoms with Crippen LogP contribution in [0.15, 0.2) is 23.7 Å². The lowest BCUT2D eigenvalue weighted by Crippen LogP contribution is -2.12. The molecule has 4 heteroatoms. The number of aryl methyl sites for hydroxylation is 2. The molecule has 0 amide bonds. The quantitative estimate of drug-likeness (QED) is 0.885. The van der Waals surface area contributed by atoms with Crippen molar-refractivity contribution in [2.24, 2.45) is 0 Å². The zero-order valence-electron chi connectivity index (χ0n) is 11.1. The summed E-state index contributed by atoms with van der Waals surface area (Å²) >= 11 is 1.79. The van der Waals surface area contributed by atoms with Crippen LogP contribution in [0.25, 0.3) is 0 Å². The fraction of sp³-hybridized carbons (Fsp3) is 0.429. The molecule has 1 atom stereocenters. The summed E-state index contributed by atoms with van der Waals surface area (Å²) < 4.78 is 0. The molecule has 0 bridgehead atoms. The summed E-state index contributed by atoms with van der Waals surface area (Å²) in [7, 11) is 0. The van der Waals surface area contributed by atoms with E-state index < -0.39 is 0 Å². The summed E-state index contributed by atoms with van der Waals surface area (Å²) in [6, 6.07) is 4.60. The van der Waals surface area contributed by atoms with Crippen LogP contribution in [0.5, 0.6) is 0 Å². The maximum Gasteiger partial charge on any atom is 0.133 e. The van der Waals surface area contributed by atoms with Crippen LogP contribution in [0.3, 0.4) is 0 Å². The van der Waals surface area contributed by atoms with E-state index in [1.165, 1.54) is 10.4 Å². The van der Waals surface area contributed by atoms with E-state index in [0.29, 0.717) is 6.04 Å². The number of hydrogen-bond acceptors (Lipinski definition) is 4. The Bertz CT molecular complexity index is 494. The SMILES string of the molecule is CCc1cnc(C)nc1NC(CC)c1cccs1. The first-order valence-electron chi connectivity index (χ1n) is 6.37. The van der Waals surface area contributed by atoms with Crippen molar-refractivity contribution in [1.82, 2.24) is 9.97 Å². The molecule has 0 radical (unpaired) electrons. The van der Waals surface area contributed by atoms with E-state index in [-0.39, 0.29) is 0 Å². The molecule has 0 aliphatic carbocycles. The Morgan fingerprint density at radius 1 is 1.39 bits per heavy atom. The van der Waals surface area contributed by atoms with Crippen molar-refractivity contribution in [3.8, 4) is 0 Å². The first-order chi connectivity index (χ1) is 8.74. The van der Waals surface area contributed by atoms with Crippen LogP contribution in [0.2, 0.25) is 0 Å². The Kier molecular flexibility index (Phi) is 4.31. The molecule has 0 saturated carbocycles. The van der Waals surface area contributed by atoms with E-state index in [0.717, 1.165) is 24.5 Å². The zero-order chi connectivity index (χ0) is 13.0. The van der Waals surface area contributed by atoms with Crippen LogP contribution in [-0.4, -0.2) is 9.97 Å². The highest BCUT2D eigenvalue weighted by atomic mass is 32.1. The number of hydrogen-bond donors (Lipinski definition) is 1. The fourth-order valence-corrected chi connectivity index (χ4v) is 2.77. The van der Waals surface area contributed by atoms with Crippen molar-refractivity contribution in [1.29, 1.82) is 0 Å². The van der Waals surface area contributed by atoms with Crippen LogP contribution in [0.4, 0.5) is 5.82 Å². The number of rotatable bonds is 5. The third kappa shape index (κ3) is 2.88. The van der Waals surface area contributed by atoms with Gasteiger partial charge in [0, 0.05) is 16.6 Å².